The average molecular weight is 276 g/mol. The van der Waals surface area contributed by atoms with Crippen LogP contribution in [0, 0.1) is 5.82 Å². The number of nitrogens with two attached hydrogens (primary N) is 1. The SMILES string of the molecule is Cn1c(-c2ccc(N)cc2Cl)nc2c(F)cccc21. The summed E-state index contributed by atoms with van der Waals surface area (Å²) in [6.07, 6.45) is 0. The number of halogens is 2. The van der Waals surface area contributed by atoms with Crippen molar-refractivity contribution >= 4 is 28.3 Å². The van der Waals surface area contributed by atoms with Crippen LogP contribution < -0.4 is 5.73 Å². The van der Waals surface area contributed by atoms with E-state index >= 15 is 0 Å². The molecule has 0 saturated heterocycles. The van der Waals surface area contributed by atoms with Gasteiger partial charge in [-0.1, -0.05) is 17.7 Å². The number of nitrogen functional groups attached to an aromatic ring is 1. The fourth-order valence-electron chi connectivity index (χ4n) is 2.13. The van der Waals surface area contributed by atoms with Crippen LogP contribution in [0.3, 0.4) is 0 Å². The van der Waals surface area contributed by atoms with Crippen LogP contribution in [0.25, 0.3) is 22.4 Å². The smallest absolute Gasteiger partial charge is 0.151 e. The van der Waals surface area contributed by atoms with Crippen molar-refractivity contribution in [2.75, 3.05) is 5.73 Å². The number of rotatable bonds is 1. The van der Waals surface area contributed by atoms with Gasteiger partial charge in [-0.05, 0) is 30.3 Å². The Labute approximate surface area is 114 Å². The normalized spacial score (nSPS) is 11.1. The van der Waals surface area contributed by atoms with E-state index < -0.39 is 0 Å². The first-order valence-electron chi connectivity index (χ1n) is 5.74. The summed E-state index contributed by atoms with van der Waals surface area (Å²) in [6, 6.07) is 10.1. The molecular weight excluding hydrogens is 265 g/mol. The molecule has 2 aromatic carbocycles. The van der Waals surface area contributed by atoms with Gasteiger partial charge in [0.2, 0.25) is 0 Å². The van der Waals surface area contributed by atoms with Crippen molar-refractivity contribution < 1.29 is 4.39 Å². The van der Waals surface area contributed by atoms with Crippen LogP contribution in [0.4, 0.5) is 10.1 Å². The lowest BCUT2D eigenvalue weighted by molar-refractivity contribution is 0.637. The van der Waals surface area contributed by atoms with Crippen molar-refractivity contribution in [1.29, 1.82) is 0 Å². The molecule has 0 radical (unpaired) electrons. The molecule has 0 atom stereocenters. The Kier molecular flexibility index (Phi) is 2.68. The first-order valence-corrected chi connectivity index (χ1v) is 6.12. The van der Waals surface area contributed by atoms with E-state index in [-0.39, 0.29) is 5.82 Å². The molecule has 1 aromatic heterocycles. The molecule has 0 aliphatic rings. The van der Waals surface area contributed by atoms with Crippen molar-refractivity contribution in [3.05, 3.63) is 47.2 Å². The summed E-state index contributed by atoms with van der Waals surface area (Å²) in [6.45, 7) is 0. The second-order valence-corrected chi connectivity index (χ2v) is 4.75. The molecule has 96 valence electrons. The van der Waals surface area contributed by atoms with E-state index in [1.54, 1.807) is 24.3 Å². The minimum Gasteiger partial charge on any atom is -0.399 e. The van der Waals surface area contributed by atoms with Gasteiger partial charge in [-0.3, -0.25) is 0 Å². The highest BCUT2D eigenvalue weighted by Gasteiger charge is 2.14. The molecule has 19 heavy (non-hydrogen) atoms. The Morgan fingerprint density at radius 3 is 2.74 bits per heavy atom. The average Bonchev–Trinajstić information content (AvgIpc) is 2.69. The number of hydrogen-bond donors (Lipinski definition) is 1. The summed E-state index contributed by atoms with van der Waals surface area (Å²) in [4.78, 5) is 4.34. The van der Waals surface area contributed by atoms with Crippen LogP contribution >= 0.6 is 11.6 Å². The summed E-state index contributed by atoms with van der Waals surface area (Å²) in [5, 5.41) is 0.499. The Bertz CT molecular complexity index is 780. The van der Waals surface area contributed by atoms with E-state index in [0.717, 1.165) is 11.1 Å². The van der Waals surface area contributed by atoms with Gasteiger partial charge in [-0.15, -0.1) is 0 Å². The number of nitrogens with zero attached hydrogens (tertiary/aromatic N) is 2. The Morgan fingerprint density at radius 2 is 2.05 bits per heavy atom. The van der Waals surface area contributed by atoms with Gasteiger partial charge in [-0.25, -0.2) is 9.37 Å². The molecule has 0 bridgehead atoms. The van der Waals surface area contributed by atoms with Crippen LogP contribution in [-0.4, -0.2) is 9.55 Å². The minimum absolute atomic E-state index is 0.341. The molecule has 0 aliphatic carbocycles. The number of aryl methyl sites for hydroxylation is 1. The second kappa shape index (κ2) is 4.24. The first kappa shape index (κ1) is 12.0. The van der Waals surface area contributed by atoms with Gasteiger partial charge in [0.1, 0.15) is 11.3 Å². The highest BCUT2D eigenvalue weighted by Crippen LogP contribution is 2.31. The fourth-order valence-corrected chi connectivity index (χ4v) is 2.41. The molecule has 0 unspecified atom stereocenters. The van der Waals surface area contributed by atoms with E-state index in [9.17, 15) is 4.39 Å². The van der Waals surface area contributed by atoms with Gasteiger partial charge >= 0.3 is 0 Å². The summed E-state index contributed by atoms with van der Waals surface area (Å²) < 4.78 is 15.5. The molecule has 2 N–H and O–H groups in total. The zero-order valence-electron chi connectivity index (χ0n) is 10.2. The van der Waals surface area contributed by atoms with E-state index in [1.165, 1.54) is 6.07 Å². The third kappa shape index (κ3) is 1.85. The number of anilines is 1. The third-order valence-corrected chi connectivity index (χ3v) is 3.41. The predicted octanol–water partition coefficient (Wildman–Crippen LogP) is 3.62. The van der Waals surface area contributed by atoms with E-state index in [0.29, 0.717) is 22.1 Å². The van der Waals surface area contributed by atoms with Gasteiger partial charge in [0.25, 0.3) is 0 Å². The van der Waals surface area contributed by atoms with Crippen molar-refractivity contribution in [3.8, 4) is 11.4 Å². The molecular formula is C14H11ClFN3. The van der Waals surface area contributed by atoms with E-state index in [1.807, 2.05) is 17.7 Å². The van der Waals surface area contributed by atoms with Crippen molar-refractivity contribution in [1.82, 2.24) is 9.55 Å². The van der Waals surface area contributed by atoms with Gasteiger partial charge in [-0.2, -0.15) is 0 Å². The lowest BCUT2D eigenvalue weighted by Crippen LogP contribution is -1.94. The zero-order valence-corrected chi connectivity index (χ0v) is 10.9. The van der Waals surface area contributed by atoms with Crippen molar-refractivity contribution in [3.63, 3.8) is 0 Å². The highest BCUT2D eigenvalue weighted by atomic mass is 35.5. The largest absolute Gasteiger partial charge is 0.399 e. The standard InChI is InChI=1S/C14H11ClFN3/c1-19-12-4-2-3-11(16)13(12)18-14(19)9-6-5-8(17)7-10(9)15/h2-7H,17H2,1H3. The topological polar surface area (TPSA) is 43.8 Å². The summed E-state index contributed by atoms with van der Waals surface area (Å²) in [5.74, 6) is 0.274. The number of hydrogen-bond acceptors (Lipinski definition) is 2. The minimum atomic E-state index is -0.342. The van der Waals surface area contributed by atoms with Crippen molar-refractivity contribution in [2.24, 2.45) is 7.05 Å². The maximum absolute atomic E-state index is 13.7. The number of imidazole rings is 1. The van der Waals surface area contributed by atoms with Crippen LogP contribution in [0.5, 0.6) is 0 Å². The van der Waals surface area contributed by atoms with Gasteiger partial charge in [0.15, 0.2) is 5.82 Å². The number of fused-ring (bicyclic) bond motifs is 1. The zero-order chi connectivity index (χ0) is 13.6. The molecule has 0 spiro atoms. The maximum atomic E-state index is 13.7. The third-order valence-electron chi connectivity index (χ3n) is 3.10. The maximum Gasteiger partial charge on any atom is 0.151 e. The monoisotopic (exact) mass is 275 g/mol. The van der Waals surface area contributed by atoms with E-state index in [4.69, 9.17) is 17.3 Å². The summed E-state index contributed by atoms with van der Waals surface area (Å²) in [7, 11) is 1.83. The van der Waals surface area contributed by atoms with Crippen LogP contribution in [0.1, 0.15) is 0 Å². The molecule has 0 aliphatic heterocycles. The Hall–Kier alpha value is -2.07. The highest BCUT2D eigenvalue weighted by molar-refractivity contribution is 6.33. The van der Waals surface area contributed by atoms with Crippen LogP contribution in [-0.2, 0) is 7.05 Å². The predicted molar refractivity (Wildman–Crippen MR) is 75.5 cm³/mol. The van der Waals surface area contributed by atoms with E-state index in [2.05, 4.69) is 4.98 Å². The molecule has 0 saturated carbocycles. The lowest BCUT2D eigenvalue weighted by atomic mass is 10.2. The quantitative estimate of drug-likeness (QED) is 0.690. The molecule has 5 heteroatoms. The molecule has 0 amide bonds. The lowest BCUT2D eigenvalue weighted by Gasteiger charge is -2.05. The van der Waals surface area contributed by atoms with Gasteiger partial charge in [0.05, 0.1) is 10.5 Å². The number of para-hydroxylation sites is 1. The summed E-state index contributed by atoms with van der Waals surface area (Å²) in [5.41, 5.74) is 8.05. The fraction of sp³-hybridized carbons (Fsp3) is 0.0714. The molecule has 3 nitrogen and oxygen atoms in total. The number of aromatic nitrogens is 2. The Balaban J connectivity index is 2.31. The summed E-state index contributed by atoms with van der Waals surface area (Å²) >= 11 is 6.18. The second-order valence-electron chi connectivity index (χ2n) is 4.34. The van der Waals surface area contributed by atoms with Crippen LogP contribution in [0.15, 0.2) is 36.4 Å². The molecule has 3 aromatic rings. The molecule has 0 fully saturated rings. The number of benzene rings is 2. The first-order chi connectivity index (χ1) is 9.08. The van der Waals surface area contributed by atoms with Gasteiger partial charge in [0, 0.05) is 18.3 Å². The Morgan fingerprint density at radius 1 is 1.26 bits per heavy atom. The molecule has 1 heterocycles. The van der Waals surface area contributed by atoms with Gasteiger partial charge < -0.3 is 10.3 Å². The van der Waals surface area contributed by atoms with Crippen molar-refractivity contribution in [2.45, 2.75) is 0 Å². The molecule has 3 rings (SSSR count). The van der Waals surface area contributed by atoms with Crippen LogP contribution in [0.2, 0.25) is 5.02 Å².